The summed E-state index contributed by atoms with van der Waals surface area (Å²) in [5.74, 6) is 0.980. The SMILES string of the molecule is COc1ccccc1CCNC(=O)C1(c2cccs2)CCOCC1. The van der Waals surface area contributed by atoms with Gasteiger partial charge in [0.15, 0.2) is 0 Å². The first kappa shape index (κ1) is 17.0. The molecule has 4 nitrogen and oxygen atoms in total. The molecular formula is C19H23NO3S. The van der Waals surface area contributed by atoms with E-state index in [1.54, 1.807) is 18.4 Å². The zero-order chi connectivity index (χ0) is 16.8. The Hall–Kier alpha value is -1.85. The van der Waals surface area contributed by atoms with E-state index in [0.717, 1.165) is 35.5 Å². The number of hydrogen-bond acceptors (Lipinski definition) is 4. The molecule has 5 heteroatoms. The number of carbonyl (C=O) groups is 1. The molecule has 1 N–H and O–H groups in total. The summed E-state index contributed by atoms with van der Waals surface area (Å²) in [6, 6.07) is 12.0. The minimum atomic E-state index is -0.437. The molecule has 1 aromatic carbocycles. The zero-order valence-corrected chi connectivity index (χ0v) is 14.7. The number of rotatable bonds is 6. The molecule has 1 saturated heterocycles. The van der Waals surface area contributed by atoms with Gasteiger partial charge in [-0.2, -0.15) is 0 Å². The van der Waals surface area contributed by atoms with Crippen molar-refractivity contribution in [2.24, 2.45) is 0 Å². The first-order valence-corrected chi connectivity index (χ1v) is 9.16. The fraction of sp³-hybridized carbons (Fsp3) is 0.421. The van der Waals surface area contributed by atoms with Crippen LogP contribution in [0.2, 0.25) is 0 Å². The highest BCUT2D eigenvalue weighted by atomic mass is 32.1. The number of methoxy groups -OCH3 is 1. The van der Waals surface area contributed by atoms with Crippen LogP contribution in [0.5, 0.6) is 5.75 Å². The van der Waals surface area contributed by atoms with Crippen LogP contribution in [0, 0.1) is 0 Å². The first-order valence-electron chi connectivity index (χ1n) is 8.28. The predicted octanol–water partition coefficient (Wildman–Crippen LogP) is 3.16. The number of carbonyl (C=O) groups excluding carboxylic acids is 1. The van der Waals surface area contributed by atoms with Crippen molar-refractivity contribution in [2.45, 2.75) is 24.7 Å². The van der Waals surface area contributed by atoms with Crippen LogP contribution in [0.25, 0.3) is 0 Å². The Labute approximate surface area is 146 Å². The number of benzene rings is 1. The molecular weight excluding hydrogens is 322 g/mol. The Morgan fingerprint density at radius 3 is 2.75 bits per heavy atom. The van der Waals surface area contributed by atoms with Gasteiger partial charge in [0.2, 0.25) is 5.91 Å². The highest BCUT2D eigenvalue weighted by Gasteiger charge is 2.42. The van der Waals surface area contributed by atoms with Crippen molar-refractivity contribution < 1.29 is 14.3 Å². The standard InChI is InChI=1S/C19H23NO3S/c1-22-16-6-3-2-5-15(16)8-11-20-18(21)19(9-12-23-13-10-19)17-7-4-14-24-17/h2-7,14H,8-13H2,1H3,(H,20,21). The van der Waals surface area contributed by atoms with E-state index in [0.29, 0.717) is 19.8 Å². The molecule has 1 aliphatic heterocycles. The lowest BCUT2D eigenvalue weighted by Gasteiger charge is -2.35. The van der Waals surface area contributed by atoms with Crippen molar-refractivity contribution in [3.8, 4) is 5.75 Å². The van der Waals surface area contributed by atoms with Crippen LogP contribution in [0.15, 0.2) is 41.8 Å². The van der Waals surface area contributed by atoms with Gasteiger partial charge >= 0.3 is 0 Å². The van der Waals surface area contributed by atoms with Gasteiger partial charge in [-0.1, -0.05) is 24.3 Å². The van der Waals surface area contributed by atoms with E-state index in [1.807, 2.05) is 35.7 Å². The molecule has 0 radical (unpaired) electrons. The Morgan fingerprint density at radius 1 is 1.25 bits per heavy atom. The second-order valence-electron chi connectivity index (χ2n) is 5.99. The average Bonchev–Trinajstić information content (AvgIpc) is 3.18. The van der Waals surface area contributed by atoms with E-state index in [1.165, 1.54) is 0 Å². The van der Waals surface area contributed by atoms with Gasteiger partial charge in [0.05, 0.1) is 12.5 Å². The van der Waals surface area contributed by atoms with Crippen molar-refractivity contribution in [1.29, 1.82) is 0 Å². The quantitative estimate of drug-likeness (QED) is 0.875. The van der Waals surface area contributed by atoms with Crippen molar-refractivity contribution >= 4 is 17.2 Å². The Balaban J connectivity index is 1.66. The monoisotopic (exact) mass is 345 g/mol. The lowest BCUT2D eigenvalue weighted by Crippen LogP contribution is -2.48. The molecule has 24 heavy (non-hydrogen) atoms. The minimum absolute atomic E-state index is 0.114. The molecule has 2 aromatic rings. The third kappa shape index (κ3) is 3.47. The second kappa shape index (κ2) is 7.81. The van der Waals surface area contributed by atoms with Gasteiger partial charge in [0.1, 0.15) is 5.75 Å². The third-order valence-electron chi connectivity index (χ3n) is 4.65. The molecule has 0 bridgehead atoms. The largest absolute Gasteiger partial charge is 0.496 e. The van der Waals surface area contributed by atoms with E-state index in [9.17, 15) is 4.79 Å². The molecule has 0 unspecified atom stereocenters. The smallest absolute Gasteiger partial charge is 0.231 e. The summed E-state index contributed by atoms with van der Waals surface area (Å²) in [6.45, 7) is 1.88. The van der Waals surface area contributed by atoms with Gasteiger partial charge in [-0.15, -0.1) is 11.3 Å². The maximum Gasteiger partial charge on any atom is 0.231 e. The summed E-state index contributed by atoms with van der Waals surface area (Å²) in [7, 11) is 1.67. The Morgan fingerprint density at radius 2 is 2.04 bits per heavy atom. The van der Waals surface area contributed by atoms with Crippen molar-refractivity contribution in [1.82, 2.24) is 5.32 Å². The molecule has 1 fully saturated rings. The maximum atomic E-state index is 13.0. The van der Waals surface area contributed by atoms with E-state index >= 15 is 0 Å². The fourth-order valence-electron chi connectivity index (χ4n) is 3.25. The van der Waals surface area contributed by atoms with Crippen LogP contribution in [0.4, 0.5) is 0 Å². The van der Waals surface area contributed by atoms with Crippen LogP contribution in [0.3, 0.4) is 0 Å². The predicted molar refractivity (Wildman–Crippen MR) is 95.8 cm³/mol. The first-order chi connectivity index (χ1) is 11.8. The highest BCUT2D eigenvalue weighted by Crippen LogP contribution is 2.37. The lowest BCUT2D eigenvalue weighted by molar-refractivity contribution is -0.130. The molecule has 3 rings (SSSR count). The highest BCUT2D eigenvalue weighted by molar-refractivity contribution is 7.10. The number of hydrogen-bond donors (Lipinski definition) is 1. The van der Waals surface area contributed by atoms with Crippen LogP contribution >= 0.6 is 11.3 Å². The van der Waals surface area contributed by atoms with Crippen LogP contribution in [-0.2, 0) is 21.4 Å². The van der Waals surface area contributed by atoms with Gasteiger partial charge in [0.25, 0.3) is 0 Å². The summed E-state index contributed by atoms with van der Waals surface area (Å²) in [5, 5.41) is 5.17. The Kier molecular flexibility index (Phi) is 5.53. The summed E-state index contributed by atoms with van der Waals surface area (Å²) in [4.78, 5) is 14.1. The van der Waals surface area contributed by atoms with Gasteiger partial charge in [-0.25, -0.2) is 0 Å². The second-order valence-corrected chi connectivity index (χ2v) is 6.94. The molecule has 0 atom stereocenters. The molecule has 1 aliphatic rings. The van der Waals surface area contributed by atoms with Gasteiger partial charge in [0, 0.05) is 24.6 Å². The molecule has 128 valence electrons. The average molecular weight is 345 g/mol. The molecule has 0 aliphatic carbocycles. The maximum absolute atomic E-state index is 13.0. The molecule has 2 heterocycles. The van der Waals surface area contributed by atoms with E-state index in [2.05, 4.69) is 11.4 Å². The van der Waals surface area contributed by atoms with Crippen molar-refractivity contribution in [3.05, 3.63) is 52.2 Å². The van der Waals surface area contributed by atoms with Crippen molar-refractivity contribution in [2.75, 3.05) is 26.9 Å². The summed E-state index contributed by atoms with van der Waals surface area (Å²) < 4.78 is 10.9. The summed E-state index contributed by atoms with van der Waals surface area (Å²) >= 11 is 1.66. The molecule has 1 amide bonds. The zero-order valence-electron chi connectivity index (χ0n) is 13.9. The molecule has 1 aromatic heterocycles. The lowest BCUT2D eigenvalue weighted by atomic mass is 9.78. The number of para-hydroxylation sites is 1. The normalized spacial score (nSPS) is 16.5. The van der Waals surface area contributed by atoms with E-state index in [4.69, 9.17) is 9.47 Å². The summed E-state index contributed by atoms with van der Waals surface area (Å²) in [5.41, 5.74) is 0.671. The van der Waals surface area contributed by atoms with Gasteiger partial charge in [-0.3, -0.25) is 4.79 Å². The number of thiophene rings is 1. The van der Waals surface area contributed by atoms with Gasteiger partial charge in [-0.05, 0) is 42.3 Å². The topological polar surface area (TPSA) is 47.6 Å². The van der Waals surface area contributed by atoms with Crippen molar-refractivity contribution in [3.63, 3.8) is 0 Å². The van der Waals surface area contributed by atoms with Crippen LogP contribution < -0.4 is 10.1 Å². The Bertz CT molecular complexity index is 663. The summed E-state index contributed by atoms with van der Waals surface area (Å²) in [6.07, 6.45) is 2.24. The van der Waals surface area contributed by atoms with E-state index in [-0.39, 0.29) is 5.91 Å². The van der Waals surface area contributed by atoms with Crippen LogP contribution in [0.1, 0.15) is 23.3 Å². The number of amides is 1. The van der Waals surface area contributed by atoms with Crippen LogP contribution in [-0.4, -0.2) is 32.8 Å². The molecule has 0 spiro atoms. The third-order valence-corrected chi connectivity index (χ3v) is 5.72. The minimum Gasteiger partial charge on any atom is -0.496 e. The fourth-order valence-corrected chi connectivity index (χ4v) is 4.23. The van der Waals surface area contributed by atoms with E-state index < -0.39 is 5.41 Å². The van der Waals surface area contributed by atoms with Gasteiger partial charge < -0.3 is 14.8 Å². The molecule has 0 saturated carbocycles. The number of ether oxygens (including phenoxy) is 2. The number of nitrogens with one attached hydrogen (secondary N) is 1.